The minimum atomic E-state index is -3.67. The van der Waals surface area contributed by atoms with Crippen LogP contribution >= 0.6 is 0 Å². The molecule has 31 heavy (non-hydrogen) atoms. The van der Waals surface area contributed by atoms with Crippen molar-refractivity contribution in [1.29, 1.82) is 0 Å². The third kappa shape index (κ3) is 6.53. The van der Waals surface area contributed by atoms with Crippen LogP contribution in [0.2, 0.25) is 0 Å². The lowest BCUT2D eigenvalue weighted by molar-refractivity contribution is 0.0635. The Kier molecular flexibility index (Phi) is 9.48. The number of carbonyl (C=O) groups excluding carboxylic acids is 1. The first kappa shape index (κ1) is 24.8. The summed E-state index contributed by atoms with van der Waals surface area (Å²) in [7, 11) is -2.22. The van der Waals surface area contributed by atoms with Gasteiger partial charge in [-0.1, -0.05) is 44.2 Å². The fourth-order valence-electron chi connectivity index (χ4n) is 3.19. The molecule has 0 spiro atoms. The zero-order valence-electron chi connectivity index (χ0n) is 18.6. The van der Waals surface area contributed by atoms with E-state index in [2.05, 4.69) is 5.32 Å². The van der Waals surface area contributed by atoms with Gasteiger partial charge in [0.1, 0.15) is 5.75 Å². The molecule has 0 heterocycles. The van der Waals surface area contributed by atoms with E-state index in [1.807, 2.05) is 37.3 Å². The van der Waals surface area contributed by atoms with Gasteiger partial charge in [-0.05, 0) is 37.1 Å². The van der Waals surface area contributed by atoms with Crippen LogP contribution in [0.1, 0.15) is 49.2 Å². The predicted octanol–water partition coefficient (Wildman–Crippen LogP) is 3.62. The molecule has 0 bridgehead atoms. The number of carbonyl (C=O) groups is 1. The first-order valence-electron chi connectivity index (χ1n) is 10.5. The molecule has 0 radical (unpaired) electrons. The molecule has 0 saturated carbocycles. The first-order valence-corrected chi connectivity index (χ1v) is 11.9. The van der Waals surface area contributed by atoms with E-state index in [0.717, 1.165) is 5.56 Å². The molecule has 1 atom stereocenters. The SMILES string of the molecule is CCN(CC)S(=O)(=O)c1ccc(OC)c(C(=O)NCCCOC(C)c2ccccc2)c1. The molecule has 2 aromatic rings. The molecule has 0 aliphatic carbocycles. The van der Waals surface area contributed by atoms with E-state index in [9.17, 15) is 13.2 Å². The van der Waals surface area contributed by atoms with Crippen LogP contribution in [-0.4, -0.2) is 52.0 Å². The van der Waals surface area contributed by atoms with Gasteiger partial charge in [-0.3, -0.25) is 4.79 Å². The van der Waals surface area contributed by atoms with Gasteiger partial charge in [0, 0.05) is 26.2 Å². The van der Waals surface area contributed by atoms with Gasteiger partial charge < -0.3 is 14.8 Å². The van der Waals surface area contributed by atoms with Crippen molar-refractivity contribution in [3.63, 3.8) is 0 Å². The minimum absolute atomic E-state index is 0.0287. The van der Waals surface area contributed by atoms with Crippen molar-refractivity contribution in [3.05, 3.63) is 59.7 Å². The summed E-state index contributed by atoms with van der Waals surface area (Å²) in [4.78, 5) is 12.8. The minimum Gasteiger partial charge on any atom is -0.496 e. The Morgan fingerprint density at radius 3 is 2.39 bits per heavy atom. The van der Waals surface area contributed by atoms with E-state index in [4.69, 9.17) is 9.47 Å². The van der Waals surface area contributed by atoms with Crippen molar-refractivity contribution < 1.29 is 22.7 Å². The molecule has 1 amide bonds. The number of nitrogens with one attached hydrogen (secondary N) is 1. The molecule has 0 fully saturated rings. The van der Waals surface area contributed by atoms with Gasteiger partial charge in [0.15, 0.2) is 0 Å². The van der Waals surface area contributed by atoms with Crippen LogP contribution in [-0.2, 0) is 14.8 Å². The van der Waals surface area contributed by atoms with Gasteiger partial charge in [-0.25, -0.2) is 8.42 Å². The molecule has 0 aliphatic rings. The van der Waals surface area contributed by atoms with Gasteiger partial charge in [0.25, 0.3) is 5.91 Å². The van der Waals surface area contributed by atoms with Crippen LogP contribution in [0.25, 0.3) is 0 Å². The topological polar surface area (TPSA) is 84.9 Å². The molecule has 7 nitrogen and oxygen atoms in total. The van der Waals surface area contributed by atoms with Crippen LogP contribution in [0.3, 0.4) is 0 Å². The Hall–Kier alpha value is -2.42. The molecule has 170 valence electrons. The van der Waals surface area contributed by atoms with Crippen LogP contribution < -0.4 is 10.1 Å². The molecule has 2 aromatic carbocycles. The number of amides is 1. The highest BCUT2D eigenvalue weighted by atomic mass is 32.2. The van der Waals surface area contributed by atoms with Gasteiger partial charge in [-0.15, -0.1) is 0 Å². The third-order valence-corrected chi connectivity index (χ3v) is 7.05. The highest BCUT2D eigenvalue weighted by molar-refractivity contribution is 7.89. The van der Waals surface area contributed by atoms with Gasteiger partial charge in [0.2, 0.25) is 10.0 Å². The highest BCUT2D eigenvalue weighted by Crippen LogP contribution is 2.24. The second-order valence-corrected chi connectivity index (χ2v) is 8.92. The van der Waals surface area contributed by atoms with Gasteiger partial charge >= 0.3 is 0 Å². The molecule has 1 N–H and O–H groups in total. The summed E-state index contributed by atoms with van der Waals surface area (Å²) in [5.41, 5.74) is 1.29. The van der Waals surface area contributed by atoms with Crippen LogP contribution in [0.4, 0.5) is 0 Å². The number of hydrogen-bond donors (Lipinski definition) is 1. The van der Waals surface area contributed by atoms with Crippen LogP contribution in [0.5, 0.6) is 5.75 Å². The predicted molar refractivity (Wildman–Crippen MR) is 121 cm³/mol. The summed E-state index contributed by atoms with van der Waals surface area (Å²) in [5, 5.41) is 2.82. The van der Waals surface area contributed by atoms with Crippen LogP contribution in [0, 0.1) is 0 Å². The summed E-state index contributed by atoms with van der Waals surface area (Å²) in [6, 6.07) is 14.3. The number of hydrogen-bond acceptors (Lipinski definition) is 5. The monoisotopic (exact) mass is 448 g/mol. The Balaban J connectivity index is 1.97. The molecular weight excluding hydrogens is 416 g/mol. The molecule has 0 aliphatic heterocycles. The van der Waals surface area contributed by atoms with Crippen molar-refractivity contribution in [3.8, 4) is 5.75 Å². The quantitative estimate of drug-likeness (QED) is 0.501. The Morgan fingerprint density at radius 2 is 1.77 bits per heavy atom. The Labute approximate surface area is 185 Å². The fourth-order valence-corrected chi connectivity index (χ4v) is 4.67. The lowest BCUT2D eigenvalue weighted by Gasteiger charge is -2.19. The van der Waals surface area contributed by atoms with E-state index in [1.165, 1.54) is 29.6 Å². The number of nitrogens with zero attached hydrogens (tertiary/aromatic N) is 1. The molecule has 2 rings (SSSR count). The molecule has 1 unspecified atom stereocenters. The van der Waals surface area contributed by atoms with E-state index < -0.39 is 10.0 Å². The number of ether oxygens (including phenoxy) is 2. The maximum absolute atomic E-state index is 12.8. The average molecular weight is 449 g/mol. The Bertz CT molecular complexity index is 944. The average Bonchev–Trinajstić information content (AvgIpc) is 2.79. The molecule has 8 heteroatoms. The van der Waals surface area contributed by atoms with E-state index in [0.29, 0.717) is 38.4 Å². The Morgan fingerprint density at radius 1 is 1.10 bits per heavy atom. The van der Waals surface area contributed by atoms with E-state index in [-0.39, 0.29) is 22.5 Å². The van der Waals surface area contributed by atoms with Gasteiger partial charge in [-0.2, -0.15) is 4.31 Å². The zero-order valence-corrected chi connectivity index (χ0v) is 19.4. The largest absolute Gasteiger partial charge is 0.496 e. The van der Waals surface area contributed by atoms with E-state index in [1.54, 1.807) is 13.8 Å². The maximum atomic E-state index is 12.8. The standard InChI is InChI=1S/C23H32N2O5S/c1-5-25(6-2)31(27,28)20-13-14-22(29-4)21(17-20)23(26)24-15-10-16-30-18(3)19-11-8-7-9-12-19/h7-9,11-14,17-18H,5-6,10,15-16H2,1-4H3,(H,24,26). The molecule has 0 aromatic heterocycles. The van der Waals surface area contributed by atoms with Crippen molar-refractivity contribution in [1.82, 2.24) is 9.62 Å². The number of methoxy groups -OCH3 is 1. The second-order valence-electron chi connectivity index (χ2n) is 6.98. The number of benzene rings is 2. The molecular formula is C23H32N2O5S. The third-order valence-electron chi connectivity index (χ3n) is 5.00. The summed E-state index contributed by atoms with van der Waals surface area (Å²) in [5.74, 6) is -0.0606. The summed E-state index contributed by atoms with van der Waals surface area (Å²) >= 11 is 0. The normalized spacial score (nSPS) is 12.5. The van der Waals surface area contributed by atoms with Crippen molar-refractivity contribution in [2.75, 3.05) is 33.4 Å². The first-order chi connectivity index (χ1) is 14.8. The van der Waals surface area contributed by atoms with Crippen molar-refractivity contribution in [2.24, 2.45) is 0 Å². The smallest absolute Gasteiger partial charge is 0.255 e. The molecule has 0 saturated heterocycles. The summed E-state index contributed by atoms with van der Waals surface area (Å²) in [6.07, 6.45) is 0.599. The highest BCUT2D eigenvalue weighted by Gasteiger charge is 2.24. The van der Waals surface area contributed by atoms with Gasteiger partial charge in [0.05, 0.1) is 23.7 Å². The lowest BCUT2D eigenvalue weighted by atomic mass is 10.1. The maximum Gasteiger partial charge on any atom is 0.255 e. The number of sulfonamides is 1. The van der Waals surface area contributed by atoms with Crippen molar-refractivity contribution in [2.45, 2.75) is 38.2 Å². The van der Waals surface area contributed by atoms with E-state index >= 15 is 0 Å². The summed E-state index contributed by atoms with van der Waals surface area (Å²) < 4.78 is 38.0. The number of rotatable bonds is 12. The fraction of sp³-hybridized carbons (Fsp3) is 0.435. The zero-order chi connectivity index (χ0) is 22.9. The lowest BCUT2D eigenvalue weighted by Crippen LogP contribution is -2.31. The van der Waals surface area contributed by atoms with Crippen LogP contribution in [0.15, 0.2) is 53.4 Å². The second kappa shape index (κ2) is 11.8. The summed E-state index contributed by atoms with van der Waals surface area (Å²) in [6.45, 7) is 7.14. The van der Waals surface area contributed by atoms with Crippen molar-refractivity contribution >= 4 is 15.9 Å².